The average molecular weight is 439 g/mol. The van der Waals surface area contributed by atoms with Gasteiger partial charge in [0.2, 0.25) is 5.16 Å². The molecule has 0 spiro atoms. The summed E-state index contributed by atoms with van der Waals surface area (Å²) in [5.41, 5.74) is 1.82. The first-order valence-electron chi connectivity index (χ1n) is 7.45. The smallest absolute Gasteiger partial charge is 0.209 e. The van der Waals surface area contributed by atoms with E-state index >= 15 is 0 Å². The first-order chi connectivity index (χ1) is 12.1. The molecule has 0 saturated heterocycles. The van der Waals surface area contributed by atoms with E-state index in [-0.39, 0.29) is 5.82 Å². The molecule has 3 rings (SSSR count). The van der Waals surface area contributed by atoms with Crippen molar-refractivity contribution in [3.05, 3.63) is 76.0 Å². The summed E-state index contributed by atoms with van der Waals surface area (Å²) in [6.07, 6.45) is 1.78. The van der Waals surface area contributed by atoms with Gasteiger partial charge in [0.1, 0.15) is 5.82 Å². The lowest BCUT2D eigenvalue weighted by Gasteiger charge is -2.02. The molecule has 0 N–H and O–H groups in total. The minimum Gasteiger partial charge on any atom is -0.241 e. The molecule has 7 heteroatoms. The average Bonchev–Trinajstić information content (AvgIpc) is 2.98. The van der Waals surface area contributed by atoms with E-state index in [9.17, 15) is 4.39 Å². The van der Waals surface area contributed by atoms with Crippen LogP contribution >= 0.6 is 39.3 Å². The fraction of sp³-hybridized carbons (Fsp3) is 0.111. The van der Waals surface area contributed by atoms with Crippen molar-refractivity contribution >= 4 is 39.3 Å². The van der Waals surface area contributed by atoms with Gasteiger partial charge in [0.15, 0.2) is 5.82 Å². The van der Waals surface area contributed by atoms with Crippen LogP contribution in [-0.4, -0.2) is 14.8 Å². The van der Waals surface area contributed by atoms with Crippen LogP contribution in [0.15, 0.2) is 64.7 Å². The number of hydrogen-bond donors (Lipinski definition) is 0. The molecular weight excluding hydrogens is 425 g/mol. The Morgan fingerprint density at radius 3 is 2.68 bits per heavy atom. The van der Waals surface area contributed by atoms with E-state index in [0.29, 0.717) is 22.5 Å². The van der Waals surface area contributed by atoms with Crippen LogP contribution in [0.4, 0.5) is 4.39 Å². The van der Waals surface area contributed by atoms with Gasteiger partial charge in [-0.25, -0.2) is 14.1 Å². The fourth-order valence-electron chi connectivity index (χ4n) is 2.23. The summed E-state index contributed by atoms with van der Waals surface area (Å²) in [6.45, 7) is 4.34. The monoisotopic (exact) mass is 437 g/mol. The van der Waals surface area contributed by atoms with Crippen LogP contribution in [0.3, 0.4) is 0 Å². The van der Waals surface area contributed by atoms with Gasteiger partial charge in [-0.05, 0) is 29.8 Å². The number of halogens is 3. The predicted octanol–water partition coefficient (Wildman–Crippen LogP) is 5.98. The van der Waals surface area contributed by atoms with Crippen molar-refractivity contribution in [1.29, 1.82) is 0 Å². The Hall–Kier alpha value is -1.63. The molecule has 3 aromatic rings. The second kappa shape index (κ2) is 8.17. The molecule has 0 saturated carbocycles. The van der Waals surface area contributed by atoms with Crippen molar-refractivity contribution in [1.82, 2.24) is 14.8 Å². The Labute approximate surface area is 163 Å². The maximum atomic E-state index is 13.1. The first kappa shape index (κ1) is 18.2. The molecule has 2 aromatic carbocycles. The summed E-state index contributed by atoms with van der Waals surface area (Å²) in [5.74, 6) is 1.00. The Balaban J connectivity index is 1.83. The molecule has 0 amide bonds. The van der Waals surface area contributed by atoms with Crippen LogP contribution in [0.5, 0.6) is 0 Å². The normalized spacial score (nSPS) is 10.8. The van der Waals surface area contributed by atoms with Crippen molar-refractivity contribution in [2.45, 2.75) is 17.5 Å². The van der Waals surface area contributed by atoms with E-state index in [1.54, 1.807) is 12.1 Å². The Bertz CT molecular complexity index is 896. The van der Waals surface area contributed by atoms with Gasteiger partial charge in [-0.1, -0.05) is 63.6 Å². The minimum atomic E-state index is -0.343. The van der Waals surface area contributed by atoms with E-state index in [1.165, 1.54) is 23.9 Å². The van der Waals surface area contributed by atoms with Crippen LogP contribution in [0.25, 0.3) is 11.4 Å². The van der Waals surface area contributed by atoms with Crippen LogP contribution in [0, 0.1) is 5.82 Å². The highest BCUT2D eigenvalue weighted by Crippen LogP contribution is 2.28. The third-order valence-corrected chi connectivity index (χ3v) is 5.20. The standard InChI is InChI=1S/C18H14BrClFN3S/c1-2-9-24-17(12-3-6-14(19)7-4-12)22-18(23-24)25-11-13-5-8-15(21)10-16(13)20/h2-8,10H,1,9,11H2. The molecule has 25 heavy (non-hydrogen) atoms. The molecule has 0 radical (unpaired) electrons. The minimum absolute atomic E-state index is 0.343. The van der Waals surface area contributed by atoms with Gasteiger partial charge >= 0.3 is 0 Å². The van der Waals surface area contributed by atoms with E-state index in [1.807, 2.05) is 28.9 Å². The molecular formula is C18H14BrClFN3S. The van der Waals surface area contributed by atoms with Gasteiger partial charge in [0, 0.05) is 20.8 Å². The van der Waals surface area contributed by atoms with Crippen LogP contribution < -0.4 is 0 Å². The SMILES string of the molecule is C=CCn1nc(SCc2ccc(F)cc2Cl)nc1-c1ccc(Br)cc1. The molecule has 3 nitrogen and oxygen atoms in total. The first-order valence-corrected chi connectivity index (χ1v) is 9.61. The number of benzene rings is 2. The number of rotatable bonds is 6. The summed E-state index contributed by atoms with van der Waals surface area (Å²) in [4.78, 5) is 4.63. The summed E-state index contributed by atoms with van der Waals surface area (Å²) < 4.78 is 16.0. The second-order valence-corrected chi connectivity index (χ2v) is 7.49. The lowest BCUT2D eigenvalue weighted by atomic mass is 10.2. The third-order valence-electron chi connectivity index (χ3n) is 3.43. The van der Waals surface area contributed by atoms with Gasteiger partial charge in [-0.15, -0.1) is 11.7 Å². The summed E-state index contributed by atoms with van der Waals surface area (Å²) in [7, 11) is 0. The van der Waals surface area contributed by atoms with Gasteiger partial charge in [0.25, 0.3) is 0 Å². The zero-order valence-corrected chi connectivity index (χ0v) is 16.3. The Morgan fingerprint density at radius 1 is 1.24 bits per heavy atom. The maximum Gasteiger partial charge on any atom is 0.209 e. The predicted molar refractivity (Wildman–Crippen MR) is 104 cm³/mol. The topological polar surface area (TPSA) is 30.7 Å². The summed E-state index contributed by atoms with van der Waals surface area (Å²) in [6, 6.07) is 12.3. The van der Waals surface area contributed by atoms with Crippen molar-refractivity contribution in [3.8, 4) is 11.4 Å². The quantitative estimate of drug-likeness (QED) is 0.350. The van der Waals surface area contributed by atoms with E-state index in [4.69, 9.17) is 11.6 Å². The van der Waals surface area contributed by atoms with E-state index in [2.05, 4.69) is 32.6 Å². The zero-order chi connectivity index (χ0) is 17.8. The second-order valence-electron chi connectivity index (χ2n) is 5.22. The third kappa shape index (κ3) is 4.51. The van der Waals surface area contributed by atoms with Crippen LogP contribution in [0.2, 0.25) is 5.02 Å². The molecule has 0 atom stereocenters. The lowest BCUT2D eigenvalue weighted by Crippen LogP contribution is -2.00. The lowest BCUT2D eigenvalue weighted by molar-refractivity contribution is 0.627. The van der Waals surface area contributed by atoms with Gasteiger partial charge in [-0.3, -0.25) is 0 Å². The number of aromatic nitrogens is 3. The molecule has 128 valence electrons. The molecule has 1 heterocycles. The van der Waals surface area contributed by atoms with Crippen molar-refractivity contribution in [2.75, 3.05) is 0 Å². The van der Waals surface area contributed by atoms with E-state index < -0.39 is 0 Å². The number of thioether (sulfide) groups is 1. The summed E-state index contributed by atoms with van der Waals surface area (Å²) in [5, 5.41) is 5.58. The largest absolute Gasteiger partial charge is 0.241 e. The number of allylic oxidation sites excluding steroid dienone is 1. The van der Waals surface area contributed by atoms with E-state index in [0.717, 1.165) is 21.4 Å². The highest BCUT2D eigenvalue weighted by atomic mass is 79.9. The fourth-order valence-corrected chi connectivity index (χ4v) is 3.65. The van der Waals surface area contributed by atoms with Gasteiger partial charge in [-0.2, -0.15) is 0 Å². The molecule has 0 bridgehead atoms. The Morgan fingerprint density at radius 2 is 2.00 bits per heavy atom. The molecule has 0 aliphatic heterocycles. The van der Waals surface area contributed by atoms with Crippen molar-refractivity contribution in [3.63, 3.8) is 0 Å². The number of nitrogens with zero attached hydrogens (tertiary/aromatic N) is 3. The number of hydrogen-bond acceptors (Lipinski definition) is 3. The molecule has 0 unspecified atom stereocenters. The summed E-state index contributed by atoms with van der Waals surface area (Å²) >= 11 is 11.0. The van der Waals surface area contributed by atoms with Crippen molar-refractivity contribution < 1.29 is 4.39 Å². The molecule has 0 fully saturated rings. The van der Waals surface area contributed by atoms with Gasteiger partial charge < -0.3 is 0 Å². The Kier molecular flexibility index (Phi) is 5.93. The zero-order valence-electron chi connectivity index (χ0n) is 13.1. The van der Waals surface area contributed by atoms with Crippen LogP contribution in [0.1, 0.15) is 5.56 Å². The van der Waals surface area contributed by atoms with Crippen molar-refractivity contribution in [2.24, 2.45) is 0 Å². The molecule has 0 aliphatic carbocycles. The highest BCUT2D eigenvalue weighted by molar-refractivity contribution is 9.10. The molecule has 1 aromatic heterocycles. The van der Waals surface area contributed by atoms with Gasteiger partial charge in [0.05, 0.1) is 6.54 Å². The maximum absolute atomic E-state index is 13.1. The molecule has 0 aliphatic rings. The van der Waals surface area contributed by atoms with Crippen LogP contribution in [-0.2, 0) is 12.3 Å². The highest BCUT2D eigenvalue weighted by Gasteiger charge is 2.13.